The third kappa shape index (κ3) is 5.01. The van der Waals surface area contributed by atoms with Crippen LogP contribution in [0.15, 0.2) is 36.7 Å². The fourth-order valence-corrected chi connectivity index (χ4v) is 4.94. The molecule has 0 saturated carbocycles. The van der Waals surface area contributed by atoms with E-state index in [4.69, 9.17) is 0 Å². The standard InChI is InChI=1S/C25H35N3/c1-20-16-24-8-14-28(15-9-25(24)17-21(20)2)19-23-7-13-27(18-23)12-3-4-22-5-10-26-11-6-22/h5-6,10-11,16-17,23H,3-4,7-9,12-15,18-19H2,1-2H3. The summed E-state index contributed by atoms with van der Waals surface area (Å²) in [5.74, 6) is 0.852. The van der Waals surface area contributed by atoms with Crippen LogP contribution in [-0.2, 0) is 19.3 Å². The lowest BCUT2D eigenvalue weighted by Gasteiger charge is -2.24. The van der Waals surface area contributed by atoms with Gasteiger partial charge in [-0.3, -0.25) is 4.98 Å². The Labute approximate surface area is 170 Å². The first kappa shape index (κ1) is 19.6. The Bertz CT molecular complexity index is 738. The molecule has 1 aromatic heterocycles. The van der Waals surface area contributed by atoms with Crippen LogP contribution in [0.3, 0.4) is 0 Å². The largest absolute Gasteiger partial charge is 0.303 e. The molecule has 28 heavy (non-hydrogen) atoms. The van der Waals surface area contributed by atoms with Gasteiger partial charge >= 0.3 is 0 Å². The van der Waals surface area contributed by atoms with Crippen LogP contribution in [0.1, 0.15) is 40.7 Å². The van der Waals surface area contributed by atoms with Crippen molar-refractivity contribution in [1.82, 2.24) is 14.8 Å². The molecule has 3 nitrogen and oxygen atoms in total. The molecular weight excluding hydrogens is 342 g/mol. The van der Waals surface area contributed by atoms with Crippen LogP contribution in [0, 0.1) is 19.8 Å². The van der Waals surface area contributed by atoms with Gasteiger partial charge in [-0.1, -0.05) is 12.1 Å². The quantitative estimate of drug-likeness (QED) is 0.757. The summed E-state index contributed by atoms with van der Waals surface area (Å²) in [6.07, 6.45) is 10.1. The summed E-state index contributed by atoms with van der Waals surface area (Å²) < 4.78 is 0. The van der Waals surface area contributed by atoms with Crippen LogP contribution >= 0.6 is 0 Å². The van der Waals surface area contributed by atoms with Crippen LogP contribution in [0.4, 0.5) is 0 Å². The van der Waals surface area contributed by atoms with Crippen LogP contribution in [0.2, 0.25) is 0 Å². The van der Waals surface area contributed by atoms with E-state index >= 15 is 0 Å². The molecule has 0 bridgehead atoms. The topological polar surface area (TPSA) is 19.4 Å². The summed E-state index contributed by atoms with van der Waals surface area (Å²) in [6, 6.07) is 9.17. The molecule has 150 valence electrons. The Morgan fingerprint density at radius 3 is 2.29 bits per heavy atom. The highest BCUT2D eigenvalue weighted by atomic mass is 15.2. The molecule has 0 N–H and O–H groups in total. The molecule has 2 aromatic rings. The van der Waals surface area contributed by atoms with Gasteiger partial charge in [-0.25, -0.2) is 0 Å². The second-order valence-electron chi connectivity index (χ2n) is 8.92. The zero-order chi connectivity index (χ0) is 19.3. The van der Waals surface area contributed by atoms with E-state index in [2.05, 4.69) is 52.9 Å². The van der Waals surface area contributed by atoms with Gasteiger partial charge in [-0.05, 0) is 105 Å². The van der Waals surface area contributed by atoms with Crippen molar-refractivity contribution < 1.29 is 0 Å². The number of pyridine rings is 1. The van der Waals surface area contributed by atoms with E-state index in [0.717, 1.165) is 5.92 Å². The van der Waals surface area contributed by atoms with Crippen LogP contribution in [0.5, 0.6) is 0 Å². The Morgan fingerprint density at radius 2 is 1.61 bits per heavy atom. The average Bonchev–Trinajstić information content (AvgIpc) is 3.06. The normalized spacial score (nSPS) is 20.9. The van der Waals surface area contributed by atoms with Gasteiger partial charge in [-0.15, -0.1) is 0 Å². The highest BCUT2D eigenvalue weighted by molar-refractivity contribution is 5.38. The molecule has 0 spiro atoms. The molecule has 1 fully saturated rings. The lowest BCUT2D eigenvalue weighted by molar-refractivity contribution is 0.233. The van der Waals surface area contributed by atoms with Gasteiger partial charge in [0, 0.05) is 38.6 Å². The first-order chi connectivity index (χ1) is 13.7. The maximum atomic E-state index is 4.11. The number of hydrogen-bond donors (Lipinski definition) is 0. The summed E-state index contributed by atoms with van der Waals surface area (Å²) >= 11 is 0. The smallest absolute Gasteiger partial charge is 0.0270 e. The van der Waals surface area contributed by atoms with E-state index in [0.29, 0.717) is 0 Å². The number of benzene rings is 1. The van der Waals surface area contributed by atoms with Gasteiger partial charge in [0.25, 0.3) is 0 Å². The van der Waals surface area contributed by atoms with Gasteiger partial charge < -0.3 is 9.80 Å². The minimum atomic E-state index is 0.852. The predicted octanol–water partition coefficient (Wildman–Crippen LogP) is 4.05. The fourth-order valence-electron chi connectivity index (χ4n) is 4.94. The van der Waals surface area contributed by atoms with Crippen LogP contribution < -0.4 is 0 Å². The molecule has 1 aromatic carbocycles. The summed E-state index contributed by atoms with van der Waals surface area (Å²) in [7, 11) is 0. The molecule has 1 saturated heterocycles. The third-order valence-corrected chi connectivity index (χ3v) is 6.79. The van der Waals surface area contributed by atoms with Gasteiger partial charge in [0.1, 0.15) is 0 Å². The monoisotopic (exact) mass is 377 g/mol. The van der Waals surface area contributed by atoms with Gasteiger partial charge in [-0.2, -0.15) is 0 Å². The highest BCUT2D eigenvalue weighted by Gasteiger charge is 2.25. The molecule has 1 unspecified atom stereocenters. The van der Waals surface area contributed by atoms with Crippen molar-refractivity contribution >= 4 is 0 Å². The molecule has 2 aliphatic rings. The maximum Gasteiger partial charge on any atom is 0.0270 e. The van der Waals surface area contributed by atoms with Crippen molar-refractivity contribution in [2.24, 2.45) is 5.92 Å². The van der Waals surface area contributed by atoms with Crippen molar-refractivity contribution in [3.63, 3.8) is 0 Å². The van der Waals surface area contributed by atoms with Crippen molar-refractivity contribution in [1.29, 1.82) is 0 Å². The van der Waals surface area contributed by atoms with E-state index in [1.165, 1.54) is 88.1 Å². The van der Waals surface area contributed by atoms with E-state index in [1.54, 1.807) is 11.1 Å². The predicted molar refractivity (Wildman–Crippen MR) is 117 cm³/mol. The van der Waals surface area contributed by atoms with E-state index < -0.39 is 0 Å². The Hall–Kier alpha value is -1.71. The molecule has 3 heteroatoms. The molecule has 4 rings (SSSR count). The van der Waals surface area contributed by atoms with Gasteiger partial charge in [0.2, 0.25) is 0 Å². The molecule has 2 aliphatic heterocycles. The number of rotatable bonds is 6. The number of aromatic nitrogens is 1. The lowest BCUT2D eigenvalue weighted by atomic mass is 9.97. The SMILES string of the molecule is Cc1cc2c(cc1C)CCN(CC1CCN(CCCc3ccncc3)C1)CC2. The molecule has 1 atom stereocenters. The number of likely N-dealkylation sites (tertiary alicyclic amines) is 1. The second kappa shape index (κ2) is 9.19. The Balaban J connectivity index is 1.21. The van der Waals surface area contributed by atoms with E-state index in [1.807, 2.05) is 12.4 Å². The van der Waals surface area contributed by atoms with E-state index in [-0.39, 0.29) is 0 Å². The summed E-state index contributed by atoms with van der Waals surface area (Å²) in [6.45, 7) is 12.1. The zero-order valence-corrected chi connectivity index (χ0v) is 17.7. The van der Waals surface area contributed by atoms with Crippen LogP contribution in [0.25, 0.3) is 0 Å². The Morgan fingerprint density at radius 1 is 0.929 bits per heavy atom. The number of fused-ring (bicyclic) bond motifs is 1. The third-order valence-electron chi connectivity index (χ3n) is 6.79. The summed E-state index contributed by atoms with van der Waals surface area (Å²) in [5, 5.41) is 0. The van der Waals surface area contributed by atoms with Crippen molar-refractivity contribution in [3.8, 4) is 0 Å². The highest BCUT2D eigenvalue weighted by Crippen LogP contribution is 2.23. The fraction of sp³-hybridized carbons (Fsp3) is 0.560. The molecule has 0 aliphatic carbocycles. The molecule has 0 amide bonds. The number of hydrogen-bond acceptors (Lipinski definition) is 3. The summed E-state index contributed by atoms with van der Waals surface area (Å²) in [4.78, 5) is 9.53. The average molecular weight is 378 g/mol. The lowest BCUT2D eigenvalue weighted by Crippen LogP contribution is -2.33. The first-order valence-electron chi connectivity index (χ1n) is 11.1. The van der Waals surface area contributed by atoms with Gasteiger partial charge in [0.05, 0.1) is 0 Å². The van der Waals surface area contributed by atoms with Gasteiger partial charge in [0.15, 0.2) is 0 Å². The van der Waals surface area contributed by atoms with Crippen molar-refractivity contribution in [2.75, 3.05) is 39.3 Å². The minimum Gasteiger partial charge on any atom is -0.303 e. The zero-order valence-electron chi connectivity index (χ0n) is 17.7. The van der Waals surface area contributed by atoms with Crippen molar-refractivity contribution in [2.45, 2.75) is 46.0 Å². The molecule has 3 heterocycles. The Kier molecular flexibility index (Phi) is 6.43. The van der Waals surface area contributed by atoms with Crippen molar-refractivity contribution in [3.05, 3.63) is 64.5 Å². The molecule has 0 radical (unpaired) electrons. The number of nitrogens with zero attached hydrogens (tertiary/aromatic N) is 3. The number of aryl methyl sites for hydroxylation is 3. The minimum absolute atomic E-state index is 0.852. The summed E-state index contributed by atoms with van der Waals surface area (Å²) in [5.41, 5.74) is 7.50. The second-order valence-corrected chi connectivity index (χ2v) is 8.92. The van der Waals surface area contributed by atoms with Crippen LogP contribution in [-0.4, -0.2) is 54.1 Å². The first-order valence-corrected chi connectivity index (χ1v) is 11.1. The molecular formula is C25H35N3. The maximum absolute atomic E-state index is 4.11. The van der Waals surface area contributed by atoms with E-state index in [9.17, 15) is 0 Å².